The Hall–Kier alpha value is -2.67. The zero-order valence-electron chi connectivity index (χ0n) is 14.8. The van der Waals surface area contributed by atoms with Gasteiger partial charge in [-0.2, -0.15) is 0 Å². The molecule has 1 unspecified atom stereocenters. The van der Waals surface area contributed by atoms with Gasteiger partial charge in [0.15, 0.2) is 0 Å². The number of anilines is 2. The molecule has 1 fully saturated rings. The van der Waals surface area contributed by atoms with E-state index >= 15 is 0 Å². The fraction of sp³-hybridized carbons (Fsp3) is 0.250. The van der Waals surface area contributed by atoms with Crippen molar-refractivity contribution in [3.05, 3.63) is 54.3 Å². The molecule has 0 radical (unpaired) electrons. The monoisotopic (exact) mass is 386 g/mol. The molecule has 1 aliphatic rings. The summed E-state index contributed by atoms with van der Waals surface area (Å²) in [6.07, 6.45) is 1.34. The Morgan fingerprint density at radius 3 is 2.44 bits per heavy atom. The summed E-state index contributed by atoms with van der Waals surface area (Å²) in [7, 11) is 0. The number of thioether (sulfide) groups is 1. The van der Waals surface area contributed by atoms with E-state index in [-0.39, 0.29) is 24.1 Å². The summed E-state index contributed by atoms with van der Waals surface area (Å²) in [4.78, 5) is 38.4. The van der Waals surface area contributed by atoms with Crippen LogP contribution in [0.3, 0.4) is 0 Å². The molecule has 3 rings (SSSR count). The van der Waals surface area contributed by atoms with Crippen LogP contribution in [0.5, 0.6) is 0 Å². The van der Waals surface area contributed by atoms with E-state index < -0.39 is 11.1 Å². The molecule has 5 nitrogen and oxygen atoms in total. The Morgan fingerprint density at radius 1 is 1.15 bits per heavy atom. The maximum Gasteiger partial charge on any atom is 0.247 e. The third-order valence-electron chi connectivity index (χ3n) is 4.08. The van der Waals surface area contributed by atoms with Gasteiger partial charge in [0.05, 0.1) is 10.9 Å². The van der Waals surface area contributed by atoms with Crippen molar-refractivity contribution >= 4 is 40.9 Å². The number of hydrogen-bond acceptors (Lipinski definition) is 4. The molecule has 3 amide bonds. The van der Waals surface area contributed by atoms with E-state index in [9.17, 15) is 18.8 Å². The second-order valence-electron chi connectivity index (χ2n) is 6.18. The molecule has 140 valence electrons. The average molecular weight is 386 g/mol. The van der Waals surface area contributed by atoms with Gasteiger partial charge in [0.25, 0.3) is 0 Å². The van der Waals surface area contributed by atoms with Crippen LogP contribution >= 0.6 is 11.8 Å². The van der Waals surface area contributed by atoms with Crippen molar-refractivity contribution in [2.24, 2.45) is 0 Å². The van der Waals surface area contributed by atoms with Crippen molar-refractivity contribution in [2.75, 3.05) is 10.2 Å². The quantitative estimate of drug-likeness (QED) is 0.763. The number of carbonyl (C=O) groups excluding carboxylic acids is 3. The van der Waals surface area contributed by atoms with Crippen molar-refractivity contribution < 1.29 is 18.8 Å². The molecule has 1 heterocycles. The lowest BCUT2D eigenvalue weighted by atomic mass is 10.3. The number of hydrogen-bond donors (Lipinski definition) is 1. The third-order valence-corrected chi connectivity index (χ3v) is 5.28. The summed E-state index contributed by atoms with van der Waals surface area (Å²) in [6, 6.07) is 12.5. The van der Waals surface area contributed by atoms with E-state index in [0.29, 0.717) is 17.8 Å². The van der Waals surface area contributed by atoms with Crippen LogP contribution in [0.4, 0.5) is 15.8 Å². The lowest BCUT2D eigenvalue weighted by Crippen LogP contribution is -2.31. The molecule has 1 saturated heterocycles. The van der Waals surface area contributed by atoms with Crippen LogP contribution in [-0.2, 0) is 14.4 Å². The summed E-state index contributed by atoms with van der Waals surface area (Å²) in [6.45, 7) is 1.94. The highest BCUT2D eigenvalue weighted by atomic mass is 32.2. The summed E-state index contributed by atoms with van der Waals surface area (Å²) in [5.74, 6) is -1.07. The number of carbonyl (C=O) groups is 3. The number of nitrogens with one attached hydrogen (secondary N) is 1. The van der Waals surface area contributed by atoms with Crippen LogP contribution in [0, 0.1) is 5.82 Å². The molecule has 1 atom stereocenters. The van der Waals surface area contributed by atoms with Gasteiger partial charge in [-0.15, -0.1) is 11.8 Å². The minimum absolute atomic E-state index is 0.0376. The van der Waals surface area contributed by atoms with Crippen molar-refractivity contribution in [1.29, 1.82) is 0 Å². The normalized spacial score (nSPS) is 16.7. The minimum Gasteiger partial charge on any atom is -0.326 e. The van der Waals surface area contributed by atoms with Crippen molar-refractivity contribution in [1.82, 2.24) is 0 Å². The summed E-state index contributed by atoms with van der Waals surface area (Å²) in [5.41, 5.74) is 1.07. The van der Waals surface area contributed by atoms with Crippen LogP contribution in [-0.4, -0.2) is 23.0 Å². The largest absolute Gasteiger partial charge is 0.326 e. The third kappa shape index (κ3) is 4.54. The van der Waals surface area contributed by atoms with Crippen LogP contribution in [0.25, 0.3) is 0 Å². The van der Waals surface area contributed by atoms with Crippen molar-refractivity contribution in [2.45, 2.75) is 36.3 Å². The van der Waals surface area contributed by atoms with Gasteiger partial charge in [0.1, 0.15) is 5.82 Å². The highest BCUT2D eigenvalue weighted by molar-refractivity contribution is 8.00. The second kappa shape index (κ2) is 8.35. The molecule has 1 aliphatic heterocycles. The van der Waals surface area contributed by atoms with Crippen LogP contribution in [0.1, 0.15) is 26.2 Å². The molecule has 7 heteroatoms. The summed E-state index contributed by atoms with van der Waals surface area (Å²) < 4.78 is 13.1. The Morgan fingerprint density at radius 2 is 1.81 bits per heavy atom. The number of amides is 3. The van der Waals surface area contributed by atoms with Crippen molar-refractivity contribution in [3.63, 3.8) is 0 Å². The fourth-order valence-corrected chi connectivity index (χ4v) is 3.84. The minimum atomic E-state index is -0.525. The first-order valence-electron chi connectivity index (χ1n) is 8.67. The number of halogens is 1. The van der Waals surface area contributed by atoms with E-state index in [1.54, 1.807) is 12.1 Å². The molecule has 0 aromatic heterocycles. The predicted octanol–water partition coefficient (Wildman–Crippen LogP) is 3.99. The summed E-state index contributed by atoms with van der Waals surface area (Å²) >= 11 is 1.30. The van der Waals surface area contributed by atoms with Crippen LogP contribution in [0.15, 0.2) is 53.4 Å². The number of rotatable bonds is 6. The fourth-order valence-electron chi connectivity index (χ4n) is 2.79. The van der Waals surface area contributed by atoms with Crippen LogP contribution < -0.4 is 10.2 Å². The molecule has 27 heavy (non-hydrogen) atoms. The zero-order chi connectivity index (χ0) is 19.4. The molecule has 2 aromatic rings. The van der Waals surface area contributed by atoms with Gasteiger partial charge in [-0.1, -0.05) is 6.92 Å². The lowest BCUT2D eigenvalue weighted by Gasteiger charge is -2.15. The Bertz CT molecular complexity index is 853. The first kappa shape index (κ1) is 19.1. The van der Waals surface area contributed by atoms with Gasteiger partial charge in [-0.3, -0.25) is 14.4 Å². The second-order valence-corrected chi connectivity index (χ2v) is 7.45. The highest BCUT2D eigenvalue weighted by Crippen LogP contribution is 2.34. The topological polar surface area (TPSA) is 66.5 Å². The van der Waals surface area contributed by atoms with E-state index in [1.165, 1.54) is 36.0 Å². The molecule has 0 bridgehead atoms. The molecule has 1 N–H and O–H groups in total. The SMILES string of the molecule is CCCC(=O)Nc1ccc(SC2CC(=O)N(c3ccc(F)cc3)C2=O)cc1. The van der Waals surface area contributed by atoms with Crippen molar-refractivity contribution in [3.8, 4) is 0 Å². The Kier molecular flexibility index (Phi) is 5.91. The Labute approximate surface area is 160 Å². The first-order valence-corrected chi connectivity index (χ1v) is 9.55. The lowest BCUT2D eigenvalue weighted by molar-refractivity contribution is -0.121. The molecule has 0 aliphatic carbocycles. The van der Waals surface area contributed by atoms with Crippen LogP contribution in [0.2, 0.25) is 0 Å². The van der Waals surface area contributed by atoms with Gasteiger partial charge < -0.3 is 5.32 Å². The predicted molar refractivity (Wildman–Crippen MR) is 103 cm³/mol. The van der Waals surface area contributed by atoms with E-state index in [1.807, 2.05) is 19.1 Å². The number of imide groups is 1. The summed E-state index contributed by atoms with van der Waals surface area (Å²) in [5, 5.41) is 2.28. The van der Waals surface area contributed by atoms with Gasteiger partial charge in [0, 0.05) is 23.4 Å². The van der Waals surface area contributed by atoms with E-state index in [0.717, 1.165) is 16.2 Å². The molecule has 0 spiro atoms. The molecule has 2 aromatic carbocycles. The maximum atomic E-state index is 13.1. The van der Waals surface area contributed by atoms with Gasteiger partial charge in [0.2, 0.25) is 17.7 Å². The maximum absolute atomic E-state index is 13.1. The molecular formula is C20H19FN2O3S. The zero-order valence-corrected chi connectivity index (χ0v) is 15.6. The average Bonchev–Trinajstić information content (AvgIpc) is 2.91. The van der Waals surface area contributed by atoms with E-state index in [2.05, 4.69) is 5.32 Å². The number of benzene rings is 2. The van der Waals surface area contributed by atoms with Gasteiger partial charge >= 0.3 is 0 Å². The molecule has 0 saturated carbocycles. The van der Waals surface area contributed by atoms with Gasteiger partial charge in [-0.25, -0.2) is 9.29 Å². The van der Waals surface area contributed by atoms with E-state index in [4.69, 9.17) is 0 Å². The smallest absolute Gasteiger partial charge is 0.247 e. The Balaban J connectivity index is 1.66. The standard InChI is InChI=1S/C20H19FN2O3S/c1-2-3-18(24)22-14-6-10-16(11-7-14)27-17-12-19(25)23(20(17)26)15-8-4-13(21)5-9-15/h4-11,17H,2-3,12H2,1H3,(H,22,24). The molecular weight excluding hydrogens is 367 g/mol. The van der Waals surface area contributed by atoms with Gasteiger partial charge in [-0.05, 0) is 55.0 Å². The number of nitrogens with zero attached hydrogens (tertiary/aromatic N) is 1. The highest BCUT2D eigenvalue weighted by Gasteiger charge is 2.40. The first-order chi connectivity index (χ1) is 13.0.